The SMILES string of the molecule is CCC=CCC=CCC=CCC=CCC=CCCCC(=O)NCCNCCNC(=O)/C=C/C(=O)O. The van der Waals surface area contributed by atoms with Crippen molar-refractivity contribution in [3.63, 3.8) is 0 Å². The molecule has 0 saturated heterocycles. The molecule has 0 heterocycles. The second-order valence-corrected chi connectivity index (χ2v) is 7.66. The highest BCUT2D eigenvalue weighted by atomic mass is 16.4. The maximum Gasteiger partial charge on any atom is 0.328 e. The molecule has 35 heavy (non-hydrogen) atoms. The zero-order chi connectivity index (χ0) is 25.8. The van der Waals surface area contributed by atoms with E-state index < -0.39 is 11.9 Å². The molecule has 0 aliphatic carbocycles. The number of carbonyl (C=O) groups is 3. The Kier molecular flexibility index (Phi) is 23.1. The highest BCUT2D eigenvalue weighted by Crippen LogP contribution is 1.99. The predicted octanol–water partition coefficient (Wildman–Crippen LogP) is 4.37. The minimum atomic E-state index is -1.16. The summed E-state index contributed by atoms with van der Waals surface area (Å²) < 4.78 is 0. The number of nitrogens with one attached hydrogen (secondary N) is 3. The van der Waals surface area contributed by atoms with E-state index in [1.54, 1.807) is 0 Å². The van der Waals surface area contributed by atoms with Crippen molar-refractivity contribution in [3.05, 3.63) is 72.9 Å². The van der Waals surface area contributed by atoms with E-state index >= 15 is 0 Å². The maximum atomic E-state index is 11.8. The van der Waals surface area contributed by atoms with Crippen LogP contribution in [0.5, 0.6) is 0 Å². The van der Waals surface area contributed by atoms with Crippen LogP contribution in [0.1, 0.15) is 58.3 Å². The highest BCUT2D eigenvalue weighted by Gasteiger charge is 1.99. The zero-order valence-corrected chi connectivity index (χ0v) is 21.1. The summed E-state index contributed by atoms with van der Waals surface area (Å²) in [6, 6.07) is 0. The zero-order valence-electron chi connectivity index (χ0n) is 21.1. The van der Waals surface area contributed by atoms with Crippen LogP contribution in [-0.2, 0) is 14.4 Å². The van der Waals surface area contributed by atoms with E-state index in [0.29, 0.717) is 32.6 Å². The Morgan fingerprint density at radius 3 is 1.71 bits per heavy atom. The Morgan fingerprint density at radius 1 is 0.657 bits per heavy atom. The lowest BCUT2D eigenvalue weighted by Gasteiger charge is -2.07. The van der Waals surface area contributed by atoms with Crippen molar-refractivity contribution >= 4 is 17.8 Å². The summed E-state index contributed by atoms with van der Waals surface area (Å²) in [4.78, 5) is 33.4. The number of carboxylic acid groups (broad SMARTS) is 1. The molecule has 2 amide bonds. The largest absolute Gasteiger partial charge is 0.478 e. The molecule has 0 unspecified atom stereocenters. The normalized spacial score (nSPS) is 12.3. The lowest BCUT2D eigenvalue weighted by molar-refractivity contribution is -0.131. The van der Waals surface area contributed by atoms with Crippen LogP contribution in [-0.4, -0.2) is 49.1 Å². The van der Waals surface area contributed by atoms with Crippen LogP contribution >= 0.6 is 0 Å². The number of aliphatic carboxylic acids is 1. The molecular formula is C28H43N3O4. The molecule has 0 fully saturated rings. The molecule has 0 spiro atoms. The minimum absolute atomic E-state index is 0.0336. The summed E-state index contributed by atoms with van der Waals surface area (Å²) in [5.41, 5.74) is 0. The summed E-state index contributed by atoms with van der Waals surface area (Å²) in [7, 11) is 0. The fourth-order valence-electron chi connectivity index (χ4n) is 2.73. The van der Waals surface area contributed by atoms with Crippen molar-refractivity contribution < 1.29 is 19.5 Å². The second kappa shape index (κ2) is 25.4. The Hall–Kier alpha value is -3.19. The fourth-order valence-corrected chi connectivity index (χ4v) is 2.73. The molecule has 0 aliphatic rings. The van der Waals surface area contributed by atoms with Crippen LogP contribution < -0.4 is 16.0 Å². The lowest BCUT2D eigenvalue weighted by atomic mass is 10.2. The molecule has 0 atom stereocenters. The summed E-state index contributed by atoms with van der Waals surface area (Å²) in [5, 5.41) is 16.9. The first kappa shape index (κ1) is 31.8. The number of hydrogen-bond donors (Lipinski definition) is 4. The molecule has 0 radical (unpaired) electrons. The van der Waals surface area contributed by atoms with Gasteiger partial charge in [-0.15, -0.1) is 0 Å². The van der Waals surface area contributed by atoms with Gasteiger partial charge in [-0.1, -0.05) is 67.7 Å². The Morgan fingerprint density at radius 2 is 1.17 bits per heavy atom. The van der Waals surface area contributed by atoms with Gasteiger partial charge in [-0.2, -0.15) is 0 Å². The number of hydrogen-bond acceptors (Lipinski definition) is 4. The average molecular weight is 486 g/mol. The number of rotatable bonds is 21. The van der Waals surface area contributed by atoms with Crippen LogP contribution in [0, 0.1) is 0 Å². The van der Waals surface area contributed by atoms with Gasteiger partial charge in [-0.25, -0.2) is 4.79 Å². The smallest absolute Gasteiger partial charge is 0.328 e. The van der Waals surface area contributed by atoms with E-state index in [1.165, 1.54) is 0 Å². The van der Waals surface area contributed by atoms with E-state index in [1.807, 2.05) is 0 Å². The third-order valence-corrected chi connectivity index (χ3v) is 4.53. The minimum Gasteiger partial charge on any atom is -0.478 e. The number of allylic oxidation sites excluding steroid dienone is 10. The Balaban J connectivity index is 3.53. The van der Waals surface area contributed by atoms with Crippen molar-refractivity contribution in [2.75, 3.05) is 26.2 Å². The van der Waals surface area contributed by atoms with Gasteiger partial charge < -0.3 is 21.1 Å². The molecule has 0 saturated carbocycles. The van der Waals surface area contributed by atoms with Gasteiger partial charge in [0.25, 0.3) is 0 Å². The molecule has 7 nitrogen and oxygen atoms in total. The van der Waals surface area contributed by atoms with E-state index in [2.05, 4.69) is 83.6 Å². The van der Waals surface area contributed by atoms with E-state index in [-0.39, 0.29) is 5.91 Å². The topological polar surface area (TPSA) is 108 Å². The standard InChI is InChI=1S/C28H43N3O4/c1-2-3-4-5-6-7-8-9-10-11-12-13-14-15-16-17-18-19-26(32)30-24-22-29-23-25-31-27(33)20-21-28(34)35/h3-4,6-7,9-10,12-13,15-16,20-21,29H,2,5,8,11,14,17-19,22-25H2,1H3,(H,30,32)(H,31,33)(H,34,35)/b4-3?,7-6?,10-9?,13-12?,16-15?,21-20+. The van der Waals surface area contributed by atoms with Gasteiger partial charge in [-0.3, -0.25) is 9.59 Å². The molecule has 4 N–H and O–H groups in total. The van der Waals surface area contributed by atoms with Gasteiger partial charge >= 0.3 is 5.97 Å². The average Bonchev–Trinajstić information content (AvgIpc) is 2.84. The van der Waals surface area contributed by atoms with Crippen molar-refractivity contribution in [3.8, 4) is 0 Å². The van der Waals surface area contributed by atoms with Gasteiger partial charge in [0.2, 0.25) is 11.8 Å². The quantitative estimate of drug-likeness (QED) is 0.110. The van der Waals surface area contributed by atoms with E-state index in [9.17, 15) is 14.4 Å². The van der Waals surface area contributed by atoms with Gasteiger partial charge in [0.15, 0.2) is 0 Å². The molecule has 0 rings (SSSR count). The van der Waals surface area contributed by atoms with Crippen LogP contribution in [0.25, 0.3) is 0 Å². The molecule has 0 aromatic rings. The first-order valence-electron chi connectivity index (χ1n) is 12.5. The second-order valence-electron chi connectivity index (χ2n) is 7.66. The number of unbranched alkanes of at least 4 members (excludes halogenated alkanes) is 1. The molecule has 7 heteroatoms. The van der Waals surface area contributed by atoms with Crippen molar-refractivity contribution in [2.45, 2.75) is 58.3 Å². The maximum absolute atomic E-state index is 11.8. The first-order valence-corrected chi connectivity index (χ1v) is 12.5. The van der Waals surface area contributed by atoms with Crippen molar-refractivity contribution in [1.29, 1.82) is 0 Å². The van der Waals surface area contributed by atoms with Crippen LogP contribution in [0.3, 0.4) is 0 Å². The van der Waals surface area contributed by atoms with Crippen LogP contribution in [0.15, 0.2) is 72.9 Å². The number of amides is 2. The lowest BCUT2D eigenvalue weighted by Crippen LogP contribution is -2.36. The Bertz CT molecular complexity index is 749. The van der Waals surface area contributed by atoms with Crippen molar-refractivity contribution in [2.24, 2.45) is 0 Å². The van der Waals surface area contributed by atoms with Gasteiger partial charge in [0.05, 0.1) is 0 Å². The van der Waals surface area contributed by atoms with E-state index in [4.69, 9.17) is 5.11 Å². The summed E-state index contributed by atoms with van der Waals surface area (Å²) in [5.74, 6) is -1.58. The summed E-state index contributed by atoms with van der Waals surface area (Å²) in [6.07, 6.45) is 30.6. The van der Waals surface area contributed by atoms with Gasteiger partial charge in [0, 0.05) is 44.8 Å². The number of carbonyl (C=O) groups excluding carboxylic acids is 2. The summed E-state index contributed by atoms with van der Waals surface area (Å²) in [6.45, 7) is 4.17. The highest BCUT2D eigenvalue weighted by molar-refractivity contribution is 5.93. The predicted molar refractivity (Wildman–Crippen MR) is 144 cm³/mol. The first-order chi connectivity index (χ1) is 17.1. The van der Waals surface area contributed by atoms with Crippen LogP contribution in [0.4, 0.5) is 0 Å². The number of carboxylic acids is 1. The van der Waals surface area contributed by atoms with Crippen LogP contribution in [0.2, 0.25) is 0 Å². The molecule has 0 aromatic heterocycles. The van der Waals surface area contributed by atoms with Gasteiger partial charge in [-0.05, 0) is 44.9 Å². The fraction of sp³-hybridized carbons (Fsp3) is 0.464. The van der Waals surface area contributed by atoms with Gasteiger partial charge in [0.1, 0.15) is 0 Å². The molecule has 0 bridgehead atoms. The van der Waals surface area contributed by atoms with E-state index in [0.717, 1.165) is 57.1 Å². The Labute approximate surface area is 210 Å². The molecule has 194 valence electrons. The van der Waals surface area contributed by atoms with Crippen molar-refractivity contribution in [1.82, 2.24) is 16.0 Å². The molecule has 0 aliphatic heterocycles. The summed E-state index contributed by atoms with van der Waals surface area (Å²) >= 11 is 0. The molecule has 0 aromatic carbocycles. The third-order valence-electron chi connectivity index (χ3n) is 4.53. The third kappa shape index (κ3) is 26.9. The monoisotopic (exact) mass is 485 g/mol. The molecular weight excluding hydrogens is 442 g/mol.